The Morgan fingerprint density at radius 3 is 2.82 bits per heavy atom. The number of fused-ring (bicyclic) bond motifs is 1. The average molecular weight is 459 g/mol. The lowest BCUT2D eigenvalue weighted by Crippen LogP contribution is -2.23. The highest BCUT2D eigenvalue weighted by Gasteiger charge is 2.31. The van der Waals surface area contributed by atoms with E-state index in [0.29, 0.717) is 6.04 Å². The minimum Gasteiger partial charge on any atom is -0.490 e. The van der Waals surface area contributed by atoms with Crippen molar-refractivity contribution in [1.29, 1.82) is 0 Å². The molecule has 1 aliphatic carbocycles. The zero-order valence-electron chi connectivity index (χ0n) is 20.1. The van der Waals surface area contributed by atoms with E-state index in [0.717, 1.165) is 23.5 Å². The number of hydrogen-bond acceptors (Lipinski definition) is 4. The molecular weight excluding hydrogens is 424 g/mol. The summed E-state index contributed by atoms with van der Waals surface area (Å²) in [4.78, 5) is 8.02. The summed E-state index contributed by atoms with van der Waals surface area (Å²) in [6.45, 7) is 12.2. The maximum absolute atomic E-state index is 5.94. The first kappa shape index (κ1) is 23.7. The van der Waals surface area contributed by atoms with Gasteiger partial charge >= 0.3 is 0 Å². The third-order valence-electron chi connectivity index (χ3n) is 6.36. The number of rotatable bonds is 8. The fourth-order valence-electron chi connectivity index (χ4n) is 4.98. The first-order chi connectivity index (χ1) is 16.1. The van der Waals surface area contributed by atoms with Gasteiger partial charge in [-0.25, -0.2) is 0 Å². The molecule has 33 heavy (non-hydrogen) atoms. The molecule has 1 fully saturated rings. The molecule has 0 aromatic heterocycles. The normalized spacial score (nSPS) is 18.2. The molecule has 1 atom stereocenters. The SMILES string of the molecule is C=N/C=C(\SCc1ccc(OC(C)C)c(C#CC)c1)c1cccc2c1CCC2N1CCCC1. The summed E-state index contributed by atoms with van der Waals surface area (Å²) >= 11 is 1.82. The van der Waals surface area contributed by atoms with E-state index in [2.05, 4.69) is 58.8 Å². The van der Waals surface area contributed by atoms with Crippen LogP contribution < -0.4 is 4.74 Å². The number of aliphatic imine (C=N–C) groups is 1. The molecule has 0 spiro atoms. The van der Waals surface area contributed by atoms with Crippen molar-refractivity contribution < 1.29 is 4.74 Å². The van der Waals surface area contributed by atoms with Gasteiger partial charge in [-0.3, -0.25) is 9.89 Å². The van der Waals surface area contributed by atoms with Gasteiger partial charge in [-0.15, -0.1) is 17.7 Å². The van der Waals surface area contributed by atoms with Gasteiger partial charge in [0.1, 0.15) is 5.75 Å². The number of likely N-dealkylation sites (tertiary alicyclic amines) is 1. The summed E-state index contributed by atoms with van der Waals surface area (Å²) < 4.78 is 5.94. The summed E-state index contributed by atoms with van der Waals surface area (Å²) in [6, 6.07) is 13.7. The van der Waals surface area contributed by atoms with Crippen LogP contribution in [0.15, 0.2) is 47.6 Å². The molecule has 2 aliphatic rings. The number of hydrogen-bond donors (Lipinski definition) is 0. The van der Waals surface area contributed by atoms with Crippen molar-refractivity contribution in [3.05, 3.63) is 70.4 Å². The van der Waals surface area contributed by atoms with Gasteiger partial charge in [0, 0.05) is 22.9 Å². The lowest BCUT2D eigenvalue weighted by molar-refractivity contribution is 0.241. The van der Waals surface area contributed by atoms with Crippen LogP contribution in [0, 0.1) is 11.8 Å². The largest absolute Gasteiger partial charge is 0.490 e. The minimum absolute atomic E-state index is 0.125. The zero-order valence-corrected chi connectivity index (χ0v) is 20.9. The molecule has 2 aromatic rings. The molecule has 0 saturated carbocycles. The molecule has 1 aliphatic heterocycles. The highest BCUT2D eigenvalue weighted by Crippen LogP contribution is 2.43. The predicted octanol–water partition coefficient (Wildman–Crippen LogP) is 6.86. The molecule has 1 unspecified atom stereocenters. The standard InChI is InChI=1S/C29H34N2OS/c1-5-9-23-18-22(12-15-28(23)32-21(2)3)20-33-29(19-30-4)26-11-8-10-25-24(26)13-14-27(25)31-16-6-7-17-31/h8,10-12,15,18-19,21,27H,4,6-7,13-14,16-17,20H2,1-3H3/b29-19-. The Labute approximate surface area is 203 Å². The lowest BCUT2D eigenvalue weighted by Gasteiger charge is -2.24. The second-order valence-electron chi connectivity index (χ2n) is 9.01. The van der Waals surface area contributed by atoms with Gasteiger partial charge < -0.3 is 4.74 Å². The van der Waals surface area contributed by atoms with Crippen LogP contribution in [0.1, 0.15) is 73.9 Å². The molecule has 0 amide bonds. The van der Waals surface area contributed by atoms with Gasteiger partial charge in [0.05, 0.1) is 11.7 Å². The molecular formula is C29H34N2OS. The summed E-state index contributed by atoms with van der Waals surface area (Å²) in [6.07, 6.45) is 7.07. The van der Waals surface area contributed by atoms with Crippen LogP contribution in [0.3, 0.4) is 0 Å². The van der Waals surface area contributed by atoms with Gasteiger partial charge in [-0.2, -0.15) is 0 Å². The monoisotopic (exact) mass is 458 g/mol. The van der Waals surface area contributed by atoms with Crippen molar-refractivity contribution in [2.75, 3.05) is 13.1 Å². The third kappa shape index (κ3) is 5.54. The van der Waals surface area contributed by atoms with E-state index in [1.165, 1.54) is 59.5 Å². The van der Waals surface area contributed by atoms with Crippen LogP contribution in [0.5, 0.6) is 5.75 Å². The van der Waals surface area contributed by atoms with E-state index in [-0.39, 0.29) is 6.10 Å². The maximum atomic E-state index is 5.94. The topological polar surface area (TPSA) is 24.8 Å². The Morgan fingerprint density at radius 1 is 1.27 bits per heavy atom. The molecule has 3 nitrogen and oxygen atoms in total. The van der Waals surface area contributed by atoms with E-state index in [1.807, 2.05) is 44.8 Å². The smallest absolute Gasteiger partial charge is 0.135 e. The molecule has 1 saturated heterocycles. The first-order valence-corrected chi connectivity index (χ1v) is 13.0. The Kier molecular flexibility index (Phi) is 7.96. The summed E-state index contributed by atoms with van der Waals surface area (Å²) in [5.41, 5.74) is 6.51. The summed E-state index contributed by atoms with van der Waals surface area (Å²) in [5.74, 6) is 7.92. The van der Waals surface area contributed by atoms with E-state index >= 15 is 0 Å². The van der Waals surface area contributed by atoms with Gasteiger partial charge in [0.25, 0.3) is 0 Å². The van der Waals surface area contributed by atoms with Gasteiger partial charge in [-0.1, -0.05) is 30.2 Å². The summed E-state index contributed by atoms with van der Waals surface area (Å²) in [5, 5.41) is 0. The highest BCUT2D eigenvalue weighted by molar-refractivity contribution is 8.07. The molecule has 4 rings (SSSR count). The van der Waals surface area contributed by atoms with E-state index in [1.54, 1.807) is 0 Å². The number of ether oxygens (including phenoxy) is 1. The van der Waals surface area contributed by atoms with Crippen LogP contribution in [0.4, 0.5) is 0 Å². The van der Waals surface area contributed by atoms with Crippen molar-refractivity contribution in [1.82, 2.24) is 4.90 Å². The molecule has 0 N–H and O–H groups in total. The molecule has 0 radical (unpaired) electrons. The van der Waals surface area contributed by atoms with Crippen molar-refractivity contribution in [3.8, 4) is 17.6 Å². The molecule has 4 heteroatoms. The van der Waals surface area contributed by atoms with Gasteiger partial charge in [0.2, 0.25) is 0 Å². The fourth-order valence-corrected chi connectivity index (χ4v) is 5.98. The van der Waals surface area contributed by atoms with Crippen molar-refractivity contribution in [2.45, 2.75) is 64.4 Å². The Bertz CT molecular complexity index is 1090. The van der Waals surface area contributed by atoms with E-state index < -0.39 is 0 Å². The second-order valence-corrected chi connectivity index (χ2v) is 10.0. The van der Waals surface area contributed by atoms with E-state index in [4.69, 9.17) is 4.74 Å². The van der Waals surface area contributed by atoms with Crippen molar-refractivity contribution >= 4 is 23.4 Å². The van der Waals surface area contributed by atoms with Crippen LogP contribution in [-0.2, 0) is 12.2 Å². The number of benzene rings is 2. The van der Waals surface area contributed by atoms with Crippen molar-refractivity contribution in [2.24, 2.45) is 4.99 Å². The zero-order chi connectivity index (χ0) is 23.2. The Balaban J connectivity index is 1.55. The maximum Gasteiger partial charge on any atom is 0.135 e. The summed E-state index contributed by atoms with van der Waals surface area (Å²) in [7, 11) is 0. The predicted molar refractivity (Wildman–Crippen MR) is 142 cm³/mol. The molecule has 1 heterocycles. The van der Waals surface area contributed by atoms with Crippen LogP contribution in [-0.4, -0.2) is 30.8 Å². The molecule has 172 valence electrons. The van der Waals surface area contributed by atoms with Gasteiger partial charge in [0.15, 0.2) is 0 Å². The quantitative estimate of drug-likeness (QED) is 0.319. The molecule has 2 aromatic carbocycles. The molecule has 0 bridgehead atoms. The Hall–Kier alpha value is -2.48. The fraction of sp³-hybridized carbons (Fsp3) is 0.414. The second kappa shape index (κ2) is 11.1. The van der Waals surface area contributed by atoms with Crippen LogP contribution >= 0.6 is 11.8 Å². The first-order valence-electron chi connectivity index (χ1n) is 12.0. The van der Waals surface area contributed by atoms with Gasteiger partial charge in [-0.05, 0) is 101 Å². The Morgan fingerprint density at radius 2 is 2.09 bits per heavy atom. The minimum atomic E-state index is 0.125. The highest BCUT2D eigenvalue weighted by atomic mass is 32.2. The number of nitrogens with zero attached hydrogens (tertiary/aromatic N) is 2. The van der Waals surface area contributed by atoms with Crippen molar-refractivity contribution in [3.63, 3.8) is 0 Å². The lowest BCUT2D eigenvalue weighted by atomic mass is 10.0. The van der Waals surface area contributed by atoms with Crippen LogP contribution in [0.2, 0.25) is 0 Å². The number of thioether (sulfide) groups is 1. The third-order valence-corrected chi connectivity index (χ3v) is 7.47. The average Bonchev–Trinajstić information content (AvgIpc) is 3.47. The van der Waals surface area contributed by atoms with Crippen LogP contribution in [0.25, 0.3) is 4.91 Å². The van der Waals surface area contributed by atoms with E-state index in [9.17, 15) is 0 Å².